The van der Waals surface area contributed by atoms with Gasteiger partial charge in [0.05, 0.1) is 14.2 Å². The predicted octanol–water partition coefficient (Wildman–Crippen LogP) is 3.21. The minimum atomic E-state index is -0.496. The smallest absolute Gasteiger partial charge is 0.206 e. The van der Waals surface area contributed by atoms with Crippen LogP contribution in [0, 0.1) is 12.7 Å². The number of benzene rings is 1. The van der Waals surface area contributed by atoms with Crippen LogP contribution in [0.5, 0.6) is 11.5 Å². The Morgan fingerprint density at radius 3 is 2.06 bits per heavy atom. The second-order valence-corrected chi connectivity index (χ2v) is 3.88. The SMILES string of the molecule is COc1cc(-c2ccc(C)nc2)cc(OC)c1F. The van der Waals surface area contributed by atoms with E-state index < -0.39 is 5.82 Å². The van der Waals surface area contributed by atoms with E-state index in [-0.39, 0.29) is 11.5 Å². The van der Waals surface area contributed by atoms with Crippen LogP contribution in [0.25, 0.3) is 11.1 Å². The maximum Gasteiger partial charge on any atom is 0.206 e. The van der Waals surface area contributed by atoms with Crippen LogP contribution in [0.1, 0.15) is 5.69 Å². The van der Waals surface area contributed by atoms with Crippen molar-refractivity contribution in [1.82, 2.24) is 4.98 Å². The number of methoxy groups -OCH3 is 2. The second kappa shape index (κ2) is 5.04. The van der Waals surface area contributed by atoms with Crippen LogP contribution in [0.15, 0.2) is 30.5 Å². The van der Waals surface area contributed by atoms with Gasteiger partial charge in [-0.1, -0.05) is 6.07 Å². The van der Waals surface area contributed by atoms with Gasteiger partial charge in [-0.3, -0.25) is 4.98 Å². The van der Waals surface area contributed by atoms with E-state index in [0.29, 0.717) is 0 Å². The van der Waals surface area contributed by atoms with Gasteiger partial charge in [-0.2, -0.15) is 4.39 Å². The van der Waals surface area contributed by atoms with Gasteiger partial charge in [0.2, 0.25) is 5.82 Å². The fourth-order valence-electron chi connectivity index (χ4n) is 1.67. The van der Waals surface area contributed by atoms with E-state index in [1.165, 1.54) is 14.2 Å². The number of hydrogen-bond donors (Lipinski definition) is 0. The van der Waals surface area contributed by atoms with Crippen molar-refractivity contribution in [2.45, 2.75) is 6.92 Å². The molecule has 0 N–H and O–H groups in total. The average Bonchev–Trinajstić information content (AvgIpc) is 2.40. The molecule has 1 aromatic heterocycles. The Hall–Kier alpha value is -2.10. The Morgan fingerprint density at radius 1 is 1.00 bits per heavy atom. The highest BCUT2D eigenvalue weighted by molar-refractivity contribution is 5.67. The van der Waals surface area contributed by atoms with E-state index in [9.17, 15) is 4.39 Å². The molecule has 0 bridgehead atoms. The summed E-state index contributed by atoms with van der Waals surface area (Å²) in [5, 5.41) is 0. The Morgan fingerprint density at radius 2 is 1.61 bits per heavy atom. The molecule has 0 saturated heterocycles. The Balaban J connectivity index is 2.54. The number of halogens is 1. The summed E-state index contributed by atoms with van der Waals surface area (Å²) in [6.07, 6.45) is 1.74. The normalized spacial score (nSPS) is 10.2. The first kappa shape index (κ1) is 12.4. The molecule has 2 aromatic rings. The highest BCUT2D eigenvalue weighted by atomic mass is 19.1. The molecule has 0 saturated carbocycles. The van der Waals surface area contributed by atoms with Crippen molar-refractivity contribution in [2.24, 2.45) is 0 Å². The predicted molar refractivity (Wildman–Crippen MR) is 67.5 cm³/mol. The third kappa shape index (κ3) is 2.27. The zero-order chi connectivity index (χ0) is 13.1. The standard InChI is InChI=1S/C14H14FNO2/c1-9-4-5-10(8-16-9)11-6-12(17-2)14(15)13(7-11)18-3/h4-8H,1-3H3. The van der Waals surface area contributed by atoms with Gasteiger partial charge in [-0.15, -0.1) is 0 Å². The summed E-state index contributed by atoms with van der Waals surface area (Å²) in [6, 6.07) is 7.08. The van der Waals surface area contributed by atoms with Gasteiger partial charge >= 0.3 is 0 Å². The van der Waals surface area contributed by atoms with Crippen LogP contribution >= 0.6 is 0 Å². The minimum Gasteiger partial charge on any atom is -0.494 e. The lowest BCUT2D eigenvalue weighted by atomic mass is 10.1. The summed E-state index contributed by atoms with van der Waals surface area (Å²) in [5.41, 5.74) is 2.62. The third-order valence-electron chi connectivity index (χ3n) is 2.69. The van der Waals surface area contributed by atoms with Crippen molar-refractivity contribution < 1.29 is 13.9 Å². The monoisotopic (exact) mass is 247 g/mol. The molecule has 0 amide bonds. The molecule has 18 heavy (non-hydrogen) atoms. The van der Waals surface area contributed by atoms with Gasteiger partial charge in [0.15, 0.2) is 11.5 Å². The van der Waals surface area contributed by atoms with E-state index in [1.807, 2.05) is 19.1 Å². The van der Waals surface area contributed by atoms with E-state index in [2.05, 4.69) is 4.98 Å². The van der Waals surface area contributed by atoms with Crippen LogP contribution in [0.4, 0.5) is 4.39 Å². The van der Waals surface area contributed by atoms with Gasteiger partial charge in [0.25, 0.3) is 0 Å². The zero-order valence-corrected chi connectivity index (χ0v) is 10.5. The average molecular weight is 247 g/mol. The molecule has 3 nitrogen and oxygen atoms in total. The summed E-state index contributed by atoms with van der Waals surface area (Å²) < 4.78 is 23.8. The third-order valence-corrected chi connectivity index (χ3v) is 2.69. The van der Waals surface area contributed by atoms with Crippen molar-refractivity contribution >= 4 is 0 Å². The summed E-state index contributed by atoms with van der Waals surface area (Å²) in [6.45, 7) is 1.91. The van der Waals surface area contributed by atoms with Gasteiger partial charge in [0.1, 0.15) is 0 Å². The highest BCUT2D eigenvalue weighted by Crippen LogP contribution is 2.33. The van der Waals surface area contributed by atoms with Crippen molar-refractivity contribution in [3.05, 3.63) is 42.0 Å². The molecule has 0 aliphatic carbocycles. The van der Waals surface area contributed by atoms with Crippen LogP contribution in [0.2, 0.25) is 0 Å². The van der Waals surface area contributed by atoms with Crippen molar-refractivity contribution in [2.75, 3.05) is 14.2 Å². The fraction of sp³-hybridized carbons (Fsp3) is 0.214. The molecule has 1 heterocycles. The number of aryl methyl sites for hydroxylation is 1. The van der Waals surface area contributed by atoms with E-state index in [4.69, 9.17) is 9.47 Å². The van der Waals surface area contributed by atoms with E-state index in [1.54, 1.807) is 18.3 Å². The first-order chi connectivity index (χ1) is 8.65. The fourth-order valence-corrected chi connectivity index (χ4v) is 1.67. The molecule has 94 valence electrons. The Labute approximate surface area is 105 Å². The Kier molecular flexibility index (Phi) is 3.46. The zero-order valence-electron chi connectivity index (χ0n) is 10.5. The molecule has 0 fully saturated rings. The lowest BCUT2D eigenvalue weighted by Gasteiger charge is -2.10. The number of ether oxygens (including phenoxy) is 2. The Bertz CT molecular complexity index is 527. The van der Waals surface area contributed by atoms with Crippen LogP contribution in [0.3, 0.4) is 0 Å². The van der Waals surface area contributed by atoms with Gasteiger partial charge in [-0.05, 0) is 30.7 Å². The van der Waals surface area contributed by atoms with Crippen LogP contribution < -0.4 is 9.47 Å². The topological polar surface area (TPSA) is 31.4 Å². The van der Waals surface area contributed by atoms with Gasteiger partial charge in [0, 0.05) is 17.5 Å². The molecule has 0 radical (unpaired) electrons. The number of hydrogen-bond acceptors (Lipinski definition) is 3. The number of aromatic nitrogens is 1. The molecule has 0 aliphatic rings. The minimum absolute atomic E-state index is 0.157. The summed E-state index contributed by atoms with van der Waals surface area (Å²) >= 11 is 0. The highest BCUT2D eigenvalue weighted by Gasteiger charge is 2.13. The van der Waals surface area contributed by atoms with E-state index in [0.717, 1.165) is 16.8 Å². The second-order valence-electron chi connectivity index (χ2n) is 3.88. The molecular formula is C14H14FNO2. The van der Waals surface area contributed by atoms with Crippen LogP contribution in [-0.4, -0.2) is 19.2 Å². The summed E-state index contributed by atoms with van der Waals surface area (Å²) in [7, 11) is 2.85. The molecule has 0 aliphatic heterocycles. The lowest BCUT2D eigenvalue weighted by molar-refractivity contribution is 0.351. The van der Waals surface area contributed by atoms with Crippen molar-refractivity contribution in [1.29, 1.82) is 0 Å². The largest absolute Gasteiger partial charge is 0.494 e. The molecule has 4 heteroatoms. The molecular weight excluding hydrogens is 233 g/mol. The van der Waals surface area contributed by atoms with E-state index >= 15 is 0 Å². The quantitative estimate of drug-likeness (QED) is 0.834. The molecule has 0 unspecified atom stereocenters. The molecule has 0 atom stereocenters. The first-order valence-electron chi connectivity index (χ1n) is 5.50. The first-order valence-corrected chi connectivity index (χ1v) is 5.50. The lowest BCUT2D eigenvalue weighted by Crippen LogP contribution is -1.95. The number of pyridine rings is 1. The molecule has 0 spiro atoms. The maximum atomic E-state index is 13.8. The molecule has 1 aromatic carbocycles. The van der Waals surface area contributed by atoms with Gasteiger partial charge < -0.3 is 9.47 Å². The number of nitrogens with zero attached hydrogens (tertiary/aromatic N) is 1. The van der Waals surface area contributed by atoms with Crippen molar-refractivity contribution in [3.63, 3.8) is 0 Å². The van der Waals surface area contributed by atoms with Crippen LogP contribution in [-0.2, 0) is 0 Å². The number of rotatable bonds is 3. The molecule has 2 rings (SSSR count). The summed E-state index contributed by atoms with van der Waals surface area (Å²) in [5.74, 6) is -0.182. The van der Waals surface area contributed by atoms with Crippen molar-refractivity contribution in [3.8, 4) is 22.6 Å². The summed E-state index contributed by atoms with van der Waals surface area (Å²) in [4.78, 5) is 4.21. The maximum absolute atomic E-state index is 13.8. The van der Waals surface area contributed by atoms with Gasteiger partial charge in [-0.25, -0.2) is 0 Å².